The third kappa shape index (κ3) is 7.76. The van der Waals surface area contributed by atoms with Gasteiger partial charge in [-0.15, -0.1) is 0 Å². The van der Waals surface area contributed by atoms with Gasteiger partial charge in [-0.25, -0.2) is 12.7 Å². The molecule has 0 spiro atoms. The Kier molecular flexibility index (Phi) is 9.05. The molecular formula is C26H36N2O7S2. The first-order chi connectivity index (χ1) is 17.2. The molecule has 0 unspecified atom stereocenters. The van der Waals surface area contributed by atoms with Gasteiger partial charge in [0, 0.05) is 40.2 Å². The number of carbonyl (C=O) groups is 1. The van der Waals surface area contributed by atoms with Gasteiger partial charge in [-0.2, -0.15) is 8.42 Å². The fourth-order valence-corrected chi connectivity index (χ4v) is 6.57. The van der Waals surface area contributed by atoms with Crippen molar-refractivity contribution in [3.63, 3.8) is 0 Å². The van der Waals surface area contributed by atoms with Crippen molar-refractivity contribution in [2.45, 2.75) is 62.5 Å². The minimum atomic E-state index is -4.43. The van der Waals surface area contributed by atoms with Crippen molar-refractivity contribution in [2.24, 2.45) is 5.41 Å². The van der Waals surface area contributed by atoms with Crippen LogP contribution in [0.2, 0.25) is 0 Å². The number of sulfonamides is 1. The molecule has 0 aromatic heterocycles. The van der Waals surface area contributed by atoms with Crippen LogP contribution in [0.25, 0.3) is 0 Å². The molecule has 0 radical (unpaired) electrons. The summed E-state index contributed by atoms with van der Waals surface area (Å²) in [5.41, 5.74) is 0.648. The lowest BCUT2D eigenvalue weighted by Gasteiger charge is -2.29. The van der Waals surface area contributed by atoms with Gasteiger partial charge >= 0.3 is 10.1 Å². The Morgan fingerprint density at radius 1 is 1.00 bits per heavy atom. The largest absolute Gasteiger partial charge is 0.379 e. The second kappa shape index (κ2) is 11.5. The maximum Gasteiger partial charge on any atom is 0.340 e. The van der Waals surface area contributed by atoms with Gasteiger partial charge in [0.1, 0.15) is 15.5 Å². The van der Waals surface area contributed by atoms with Crippen molar-refractivity contribution in [1.29, 1.82) is 0 Å². The van der Waals surface area contributed by atoms with E-state index in [1.165, 1.54) is 50.5 Å². The van der Waals surface area contributed by atoms with Crippen LogP contribution in [0.5, 0.6) is 5.75 Å². The van der Waals surface area contributed by atoms with E-state index in [0.717, 1.165) is 22.7 Å². The molecule has 0 bridgehead atoms. The van der Waals surface area contributed by atoms with Crippen molar-refractivity contribution in [3.05, 3.63) is 54.1 Å². The summed E-state index contributed by atoms with van der Waals surface area (Å²) in [6.07, 6.45) is 2.30. The molecule has 37 heavy (non-hydrogen) atoms. The summed E-state index contributed by atoms with van der Waals surface area (Å²) in [5.74, 6) is 0.0668. The molecule has 1 saturated heterocycles. The van der Waals surface area contributed by atoms with Crippen LogP contribution in [0.4, 0.5) is 0 Å². The molecule has 3 rings (SSSR count). The Hall–Kier alpha value is -2.47. The van der Waals surface area contributed by atoms with Gasteiger partial charge in [0.25, 0.3) is 0 Å². The molecule has 1 amide bonds. The van der Waals surface area contributed by atoms with E-state index in [2.05, 4.69) is 0 Å². The minimum absolute atomic E-state index is 0.00943. The van der Waals surface area contributed by atoms with Crippen molar-refractivity contribution in [2.75, 3.05) is 27.2 Å². The number of ether oxygens (including phenoxy) is 1. The van der Waals surface area contributed by atoms with Crippen molar-refractivity contribution in [3.8, 4) is 5.75 Å². The first-order valence-corrected chi connectivity index (χ1v) is 15.0. The lowest BCUT2D eigenvalue weighted by Crippen LogP contribution is -2.38. The molecule has 0 N–H and O–H groups in total. The molecule has 0 saturated carbocycles. The second-order valence-corrected chi connectivity index (χ2v) is 14.2. The fraction of sp³-hybridized carbons (Fsp3) is 0.500. The smallest absolute Gasteiger partial charge is 0.340 e. The third-order valence-electron chi connectivity index (χ3n) is 5.86. The van der Waals surface area contributed by atoms with Crippen LogP contribution in [-0.2, 0) is 36.2 Å². The summed E-state index contributed by atoms with van der Waals surface area (Å²) in [6.45, 7) is 7.60. The van der Waals surface area contributed by atoms with E-state index in [9.17, 15) is 21.6 Å². The summed E-state index contributed by atoms with van der Waals surface area (Å²) >= 11 is 0. The van der Waals surface area contributed by atoms with Crippen molar-refractivity contribution >= 4 is 26.0 Å². The Balaban J connectivity index is 1.78. The van der Waals surface area contributed by atoms with E-state index in [0.29, 0.717) is 26.1 Å². The van der Waals surface area contributed by atoms with E-state index in [1.54, 1.807) is 17.0 Å². The number of hydrogen-bond acceptors (Lipinski definition) is 7. The molecule has 2 aromatic rings. The van der Waals surface area contributed by atoms with Gasteiger partial charge in [-0.05, 0) is 48.1 Å². The number of benzene rings is 2. The molecule has 11 heteroatoms. The Labute approximate surface area is 220 Å². The topological polar surface area (TPSA) is 110 Å². The lowest BCUT2D eigenvalue weighted by atomic mass is 9.91. The third-order valence-corrected chi connectivity index (χ3v) is 9.17. The molecule has 2 aromatic carbocycles. The summed E-state index contributed by atoms with van der Waals surface area (Å²) < 4.78 is 63.2. The summed E-state index contributed by atoms with van der Waals surface area (Å²) in [5, 5.41) is 0. The van der Waals surface area contributed by atoms with Crippen LogP contribution >= 0.6 is 0 Å². The summed E-state index contributed by atoms with van der Waals surface area (Å²) in [7, 11) is -5.79. The van der Waals surface area contributed by atoms with E-state index >= 15 is 0 Å². The zero-order valence-electron chi connectivity index (χ0n) is 22.0. The Bertz CT molecular complexity index is 1290. The highest BCUT2D eigenvalue weighted by Gasteiger charge is 2.30. The van der Waals surface area contributed by atoms with Crippen molar-refractivity contribution < 1.29 is 30.6 Å². The molecule has 1 aliphatic heterocycles. The zero-order chi connectivity index (χ0) is 27.4. The molecule has 1 heterocycles. The Morgan fingerprint density at radius 2 is 1.62 bits per heavy atom. The number of rotatable bonds is 10. The van der Waals surface area contributed by atoms with E-state index < -0.39 is 25.0 Å². The maximum absolute atomic E-state index is 13.0. The van der Waals surface area contributed by atoms with Gasteiger partial charge in [-0.3, -0.25) is 4.79 Å². The predicted molar refractivity (Wildman–Crippen MR) is 140 cm³/mol. The highest BCUT2D eigenvalue weighted by Crippen LogP contribution is 2.27. The highest BCUT2D eigenvalue weighted by molar-refractivity contribution is 7.91. The number of nitrogens with zero attached hydrogens (tertiary/aromatic N) is 2. The standard InChI is InChI=1S/C26H36N2O7S2/c1-26(2,3)17-25(29)28(19-22-9-8-16-34-22)18-20-12-14-21(15-13-20)35-37(32,33)24-11-7-6-10-23(24)36(30,31)27(4)5/h6-7,10-15,22H,8-9,16-19H2,1-5H3/t22-/m1/s1. The molecule has 204 valence electrons. The van der Waals surface area contributed by atoms with Crippen molar-refractivity contribution in [1.82, 2.24) is 9.21 Å². The van der Waals surface area contributed by atoms with E-state index in [4.69, 9.17) is 8.92 Å². The normalized spacial score (nSPS) is 16.6. The van der Waals surface area contributed by atoms with Gasteiger partial charge in [0.2, 0.25) is 15.9 Å². The summed E-state index contributed by atoms with van der Waals surface area (Å²) in [6, 6.07) is 11.7. The Morgan fingerprint density at radius 3 is 2.16 bits per heavy atom. The quantitative estimate of drug-likeness (QED) is 0.414. The maximum atomic E-state index is 13.0. The average molecular weight is 553 g/mol. The number of hydrogen-bond donors (Lipinski definition) is 0. The monoisotopic (exact) mass is 552 g/mol. The van der Waals surface area contributed by atoms with Crippen LogP contribution in [0.15, 0.2) is 58.3 Å². The van der Waals surface area contributed by atoms with Crippen LogP contribution in [0.1, 0.15) is 45.6 Å². The van der Waals surface area contributed by atoms with Crippen LogP contribution < -0.4 is 4.18 Å². The van der Waals surface area contributed by atoms with Crippen LogP contribution in [0.3, 0.4) is 0 Å². The zero-order valence-corrected chi connectivity index (χ0v) is 23.6. The van der Waals surface area contributed by atoms with Gasteiger partial charge in [0.15, 0.2) is 0 Å². The average Bonchev–Trinajstić information content (AvgIpc) is 3.31. The van der Waals surface area contributed by atoms with Gasteiger partial charge in [-0.1, -0.05) is 45.0 Å². The fourth-order valence-electron chi connectivity index (χ4n) is 3.96. The molecule has 1 aliphatic rings. The predicted octanol–water partition coefficient (Wildman–Crippen LogP) is 3.65. The molecular weight excluding hydrogens is 516 g/mol. The number of amides is 1. The number of carbonyl (C=O) groups excluding carboxylic acids is 1. The van der Waals surface area contributed by atoms with E-state index in [1.807, 2.05) is 20.8 Å². The van der Waals surface area contributed by atoms with Crippen LogP contribution in [-0.4, -0.2) is 65.3 Å². The first kappa shape index (κ1) is 29.1. The molecule has 9 nitrogen and oxygen atoms in total. The lowest BCUT2D eigenvalue weighted by molar-refractivity contribution is -0.135. The van der Waals surface area contributed by atoms with E-state index in [-0.39, 0.29) is 28.1 Å². The molecule has 0 aliphatic carbocycles. The first-order valence-electron chi connectivity index (χ1n) is 12.1. The minimum Gasteiger partial charge on any atom is -0.379 e. The van der Waals surface area contributed by atoms with Crippen LogP contribution in [0, 0.1) is 5.41 Å². The van der Waals surface area contributed by atoms with Gasteiger partial charge in [0.05, 0.1) is 6.10 Å². The SMILES string of the molecule is CN(C)S(=O)(=O)c1ccccc1S(=O)(=O)Oc1ccc(CN(C[C@H]2CCCO2)C(=O)CC(C)(C)C)cc1. The summed E-state index contributed by atoms with van der Waals surface area (Å²) in [4.78, 5) is 14.0. The molecule has 1 fully saturated rings. The van der Waals surface area contributed by atoms with Gasteiger partial charge < -0.3 is 13.8 Å². The molecule has 1 atom stereocenters. The highest BCUT2D eigenvalue weighted by atomic mass is 32.2. The second-order valence-electron chi connectivity index (χ2n) is 10.6.